The minimum absolute atomic E-state index is 0.432. The lowest BCUT2D eigenvalue weighted by Crippen LogP contribution is -2.05. The Bertz CT molecular complexity index is 815. The highest BCUT2D eigenvalue weighted by Gasteiger charge is 2.19. The zero-order valence-corrected chi connectivity index (χ0v) is 13.1. The summed E-state index contributed by atoms with van der Waals surface area (Å²) in [4.78, 5) is 4.49. The van der Waals surface area contributed by atoms with Gasteiger partial charge in [0.1, 0.15) is 5.52 Å². The van der Waals surface area contributed by atoms with Gasteiger partial charge in [0.15, 0.2) is 5.65 Å². The second kappa shape index (κ2) is 5.07. The minimum atomic E-state index is 0.432. The first-order chi connectivity index (χ1) is 10.0. The van der Waals surface area contributed by atoms with Gasteiger partial charge in [0.25, 0.3) is 0 Å². The number of anilines is 1. The van der Waals surface area contributed by atoms with Crippen LogP contribution in [0.2, 0.25) is 5.02 Å². The van der Waals surface area contributed by atoms with Crippen molar-refractivity contribution in [3.8, 4) is 5.69 Å². The fourth-order valence-corrected chi connectivity index (χ4v) is 2.95. The van der Waals surface area contributed by atoms with E-state index < -0.39 is 0 Å². The summed E-state index contributed by atoms with van der Waals surface area (Å²) in [7, 11) is 1.90. The zero-order valence-electron chi connectivity index (χ0n) is 12.4. The molecule has 0 aliphatic carbocycles. The van der Waals surface area contributed by atoms with E-state index >= 15 is 0 Å². The van der Waals surface area contributed by atoms with Crippen molar-refractivity contribution in [1.82, 2.24) is 19.3 Å². The summed E-state index contributed by atoms with van der Waals surface area (Å²) >= 11 is 6.38. The van der Waals surface area contributed by atoms with Crippen molar-refractivity contribution >= 4 is 28.7 Å². The van der Waals surface area contributed by atoms with E-state index in [0.29, 0.717) is 11.0 Å². The molecule has 2 heterocycles. The topological polar surface area (TPSA) is 61.7 Å². The molecule has 0 aliphatic heterocycles. The number of nitrogen functional groups attached to an aromatic ring is 1. The molecule has 0 radical (unpaired) electrons. The molecule has 0 saturated heterocycles. The fourth-order valence-electron chi connectivity index (χ4n) is 2.63. The first kappa shape index (κ1) is 13.9. The van der Waals surface area contributed by atoms with Crippen LogP contribution in [0.3, 0.4) is 0 Å². The van der Waals surface area contributed by atoms with Crippen molar-refractivity contribution < 1.29 is 0 Å². The van der Waals surface area contributed by atoms with Crippen molar-refractivity contribution in [2.24, 2.45) is 7.05 Å². The highest BCUT2D eigenvalue weighted by molar-refractivity contribution is 6.32. The van der Waals surface area contributed by atoms with Crippen LogP contribution < -0.4 is 5.73 Å². The summed E-state index contributed by atoms with van der Waals surface area (Å²) in [6, 6.07) is 5.89. The first-order valence-electron chi connectivity index (χ1n) is 6.99. The molecule has 0 fully saturated rings. The highest BCUT2D eigenvalue weighted by Crippen LogP contribution is 2.30. The smallest absolute Gasteiger partial charge is 0.207 e. The molecule has 0 aliphatic rings. The third-order valence-corrected chi connectivity index (χ3v) is 3.86. The number of aryl methyl sites for hydroxylation is 3. The molecule has 5 nitrogen and oxygen atoms in total. The molecule has 3 aromatic rings. The Hall–Kier alpha value is -2.01. The first-order valence-corrected chi connectivity index (χ1v) is 7.37. The number of halogens is 1. The van der Waals surface area contributed by atoms with Gasteiger partial charge in [-0.2, -0.15) is 5.10 Å². The third-order valence-electron chi connectivity index (χ3n) is 3.56. The van der Waals surface area contributed by atoms with Crippen molar-refractivity contribution in [2.45, 2.75) is 26.7 Å². The highest BCUT2D eigenvalue weighted by atomic mass is 35.5. The fraction of sp³-hybridized carbons (Fsp3) is 0.333. The van der Waals surface area contributed by atoms with E-state index in [-0.39, 0.29) is 0 Å². The van der Waals surface area contributed by atoms with Gasteiger partial charge < -0.3 is 5.73 Å². The second-order valence-corrected chi connectivity index (χ2v) is 5.66. The Balaban J connectivity index is 2.30. The lowest BCUT2D eigenvalue weighted by atomic mass is 10.2. The van der Waals surface area contributed by atoms with Crippen LogP contribution in [0.15, 0.2) is 18.2 Å². The van der Waals surface area contributed by atoms with Gasteiger partial charge in [-0.3, -0.25) is 4.57 Å². The molecule has 2 N–H and O–H groups in total. The summed E-state index contributed by atoms with van der Waals surface area (Å²) < 4.78 is 3.68. The van der Waals surface area contributed by atoms with Crippen molar-refractivity contribution in [3.63, 3.8) is 0 Å². The molecule has 0 unspecified atom stereocenters. The predicted octanol–water partition coefficient (Wildman–Crippen LogP) is 3.26. The molecule has 0 atom stereocenters. The normalized spacial score (nSPS) is 11.4. The molecule has 3 rings (SSSR count). The van der Waals surface area contributed by atoms with Gasteiger partial charge in [-0.05, 0) is 31.0 Å². The summed E-state index contributed by atoms with van der Waals surface area (Å²) in [6.07, 6.45) is 1.90. The van der Waals surface area contributed by atoms with E-state index in [1.54, 1.807) is 0 Å². The zero-order chi connectivity index (χ0) is 15.1. The van der Waals surface area contributed by atoms with E-state index in [9.17, 15) is 0 Å². The minimum Gasteiger partial charge on any atom is -0.369 e. The number of benzene rings is 1. The number of rotatable bonds is 3. The van der Waals surface area contributed by atoms with E-state index in [1.165, 1.54) is 0 Å². The molecule has 0 spiro atoms. The number of fused-ring (bicyclic) bond motifs is 1. The Morgan fingerprint density at radius 2 is 2.10 bits per heavy atom. The number of nitrogens with zero attached hydrogens (tertiary/aromatic N) is 4. The number of hydrogen-bond acceptors (Lipinski definition) is 3. The van der Waals surface area contributed by atoms with E-state index in [1.807, 2.05) is 41.4 Å². The van der Waals surface area contributed by atoms with Crippen LogP contribution >= 0.6 is 11.6 Å². The quantitative estimate of drug-likeness (QED) is 0.808. The second-order valence-electron chi connectivity index (χ2n) is 5.25. The van der Waals surface area contributed by atoms with Gasteiger partial charge in [-0.1, -0.05) is 31.0 Å². The largest absolute Gasteiger partial charge is 0.369 e. The van der Waals surface area contributed by atoms with E-state index in [4.69, 9.17) is 17.3 Å². The van der Waals surface area contributed by atoms with E-state index in [0.717, 1.165) is 41.0 Å². The van der Waals surface area contributed by atoms with Crippen LogP contribution in [0, 0.1) is 6.92 Å². The summed E-state index contributed by atoms with van der Waals surface area (Å²) in [5.41, 5.74) is 10.8. The van der Waals surface area contributed by atoms with Gasteiger partial charge in [0.05, 0.1) is 16.4 Å². The van der Waals surface area contributed by atoms with Crippen LogP contribution in [-0.2, 0) is 13.5 Å². The van der Waals surface area contributed by atoms with Gasteiger partial charge in [0, 0.05) is 7.05 Å². The average molecular weight is 304 g/mol. The Labute approximate surface area is 128 Å². The van der Waals surface area contributed by atoms with Crippen LogP contribution in [0.25, 0.3) is 16.9 Å². The molecular weight excluding hydrogens is 286 g/mol. The third kappa shape index (κ3) is 2.17. The molecule has 0 saturated carbocycles. The molecule has 2 aromatic heterocycles. The van der Waals surface area contributed by atoms with Crippen molar-refractivity contribution in [3.05, 3.63) is 34.5 Å². The maximum absolute atomic E-state index is 6.38. The van der Waals surface area contributed by atoms with Crippen LogP contribution in [0.4, 0.5) is 5.95 Å². The molecule has 110 valence electrons. The summed E-state index contributed by atoms with van der Waals surface area (Å²) in [5, 5.41) is 5.20. The summed E-state index contributed by atoms with van der Waals surface area (Å²) in [5.74, 6) is 0.432. The summed E-state index contributed by atoms with van der Waals surface area (Å²) in [6.45, 7) is 4.13. The molecule has 0 amide bonds. The maximum Gasteiger partial charge on any atom is 0.207 e. The Kier molecular flexibility index (Phi) is 3.37. The predicted molar refractivity (Wildman–Crippen MR) is 86.0 cm³/mol. The molecule has 21 heavy (non-hydrogen) atoms. The number of hydrogen-bond donors (Lipinski definition) is 1. The standard InChI is InChI=1S/C15H18ClN5/c1-4-5-11-13-14(20(3)19-11)21(15(17)18-13)12-7-6-9(2)8-10(12)16/h6-8H,4-5H2,1-3H3,(H2,17,18). The Morgan fingerprint density at radius 1 is 1.33 bits per heavy atom. The van der Waals surface area contributed by atoms with Gasteiger partial charge in [-0.25, -0.2) is 9.67 Å². The monoisotopic (exact) mass is 303 g/mol. The molecule has 0 bridgehead atoms. The van der Waals surface area contributed by atoms with Crippen LogP contribution in [-0.4, -0.2) is 19.3 Å². The number of imidazole rings is 1. The van der Waals surface area contributed by atoms with Gasteiger partial charge in [0.2, 0.25) is 5.95 Å². The molecule has 1 aromatic carbocycles. The lowest BCUT2D eigenvalue weighted by molar-refractivity contribution is 0.738. The SMILES string of the molecule is CCCc1nn(C)c2c1nc(N)n2-c1ccc(C)cc1Cl. The van der Waals surface area contributed by atoms with Gasteiger partial charge in [-0.15, -0.1) is 0 Å². The molecular formula is C15H18ClN5. The average Bonchev–Trinajstić information content (AvgIpc) is 2.89. The van der Waals surface area contributed by atoms with Crippen LogP contribution in [0.5, 0.6) is 0 Å². The van der Waals surface area contributed by atoms with E-state index in [2.05, 4.69) is 17.0 Å². The van der Waals surface area contributed by atoms with Crippen molar-refractivity contribution in [1.29, 1.82) is 0 Å². The Morgan fingerprint density at radius 3 is 2.76 bits per heavy atom. The number of nitrogens with two attached hydrogens (primary N) is 1. The number of aromatic nitrogens is 4. The van der Waals surface area contributed by atoms with Crippen LogP contribution in [0.1, 0.15) is 24.6 Å². The molecule has 6 heteroatoms. The lowest BCUT2D eigenvalue weighted by Gasteiger charge is -2.09. The van der Waals surface area contributed by atoms with Crippen molar-refractivity contribution in [2.75, 3.05) is 5.73 Å². The maximum atomic E-state index is 6.38. The van der Waals surface area contributed by atoms with Gasteiger partial charge >= 0.3 is 0 Å².